The molecule has 0 amide bonds. The van der Waals surface area contributed by atoms with E-state index in [-0.39, 0.29) is 17.8 Å². The molecule has 2 aromatic carbocycles. The number of benzene rings is 2. The summed E-state index contributed by atoms with van der Waals surface area (Å²) in [7, 11) is 0. The summed E-state index contributed by atoms with van der Waals surface area (Å²) in [6, 6.07) is 11.9. The zero-order valence-electron chi connectivity index (χ0n) is 13.6. The van der Waals surface area contributed by atoms with Crippen molar-refractivity contribution in [3.05, 3.63) is 65.7 Å². The van der Waals surface area contributed by atoms with E-state index in [1.54, 1.807) is 12.1 Å². The van der Waals surface area contributed by atoms with Crippen molar-refractivity contribution in [1.82, 2.24) is 5.32 Å². The first-order valence-electron chi connectivity index (χ1n) is 8.32. The van der Waals surface area contributed by atoms with E-state index in [9.17, 15) is 9.18 Å². The average molecular weight is 339 g/mol. The van der Waals surface area contributed by atoms with Crippen LogP contribution in [0.5, 0.6) is 5.75 Å². The summed E-state index contributed by atoms with van der Waals surface area (Å²) in [6.07, 6.45) is 2.51. The normalized spacial score (nSPS) is 22.5. The van der Waals surface area contributed by atoms with Gasteiger partial charge in [0.15, 0.2) is 0 Å². The molecular weight excluding hydrogens is 321 g/mol. The third-order valence-electron chi connectivity index (χ3n) is 4.52. The lowest BCUT2D eigenvalue weighted by Crippen LogP contribution is -2.41. The molecule has 2 heterocycles. The van der Waals surface area contributed by atoms with E-state index < -0.39 is 0 Å². The smallest absolute Gasteiger partial charge is 0.139 e. The molecule has 5 heteroatoms. The van der Waals surface area contributed by atoms with Gasteiger partial charge in [0.1, 0.15) is 29.7 Å². The monoisotopic (exact) mass is 339 g/mol. The number of carbonyl (C=O) groups excluding carboxylic acids is 1. The maximum atomic E-state index is 13.3. The minimum absolute atomic E-state index is 0.217. The molecule has 1 saturated heterocycles. The molecule has 0 saturated carbocycles. The molecular formula is C20H18FNO3. The van der Waals surface area contributed by atoms with Crippen LogP contribution >= 0.6 is 0 Å². The Morgan fingerprint density at radius 3 is 2.72 bits per heavy atom. The Hall–Kier alpha value is -2.50. The van der Waals surface area contributed by atoms with Crippen molar-refractivity contribution < 1.29 is 18.7 Å². The van der Waals surface area contributed by atoms with Crippen LogP contribution in [0.25, 0.3) is 11.1 Å². The average Bonchev–Trinajstić information content (AvgIpc) is 2.68. The first-order valence-corrected chi connectivity index (χ1v) is 8.32. The molecule has 2 atom stereocenters. The van der Waals surface area contributed by atoms with Gasteiger partial charge in [-0.1, -0.05) is 30.3 Å². The molecule has 0 aromatic heterocycles. The summed E-state index contributed by atoms with van der Waals surface area (Å²) in [4.78, 5) is 11.6. The third kappa shape index (κ3) is 3.08. The number of hydrogen-bond acceptors (Lipinski definition) is 4. The van der Waals surface area contributed by atoms with Gasteiger partial charge < -0.3 is 19.6 Å². The van der Waals surface area contributed by atoms with Crippen molar-refractivity contribution in [1.29, 1.82) is 0 Å². The molecule has 1 N–H and O–H groups in total. The molecule has 1 fully saturated rings. The molecule has 4 rings (SSSR count). The van der Waals surface area contributed by atoms with E-state index in [4.69, 9.17) is 9.47 Å². The predicted octanol–water partition coefficient (Wildman–Crippen LogP) is 3.04. The van der Waals surface area contributed by atoms with Crippen molar-refractivity contribution >= 4 is 6.29 Å². The van der Waals surface area contributed by atoms with Crippen molar-refractivity contribution in [2.24, 2.45) is 0 Å². The number of allylic oxidation sites excluding steroid dienone is 1. The van der Waals surface area contributed by atoms with Gasteiger partial charge in [0.2, 0.25) is 0 Å². The molecule has 25 heavy (non-hydrogen) atoms. The van der Waals surface area contributed by atoms with Crippen LogP contribution in [0.15, 0.2) is 54.3 Å². The van der Waals surface area contributed by atoms with Gasteiger partial charge in [0.25, 0.3) is 0 Å². The highest BCUT2D eigenvalue weighted by atomic mass is 19.1. The van der Waals surface area contributed by atoms with Crippen LogP contribution in [0.1, 0.15) is 11.5 Å². The van der Waals surface area contributed by atoms with Crippen LogP contribution in [0, 0.1) is 5.82 Å². The van der Waals surface area contributed by atoms with Gasteiger partial charge in [-0.25, -0.2) is 4.39 Å². The minimum atomic E-state index is -0.385. The summed E-state index contributed by atoms with van der Waals surface area (Å²) in [5.74, 6) is 0.608. The maximum Gasteiger partial charge on any atom is 0.139 e. The lowest BCUT2D eigenvalue weighted by Gasteiger charge is -2.31. The number of fused-ring (bicyclic) bond motifs is 1. The van der Waals surface area contributed by atoms with E-state index in [0.717, 1.165) is 29.5 Å². The molecule has 2 unspecified atom stereocenters. The van der Waals surface area contributed by atoms with E-state index >= 15 is 0 Å². The van der Waals surface area contributed by atoms with Crippen molar-refractivity contribution in [2.45, 2.75) is 12.0 Å². The minimum Gasteiger partial charge on any atom is -0.458 e. The molecule has 2 aliphatic heterocycles. The number of aldehydes is 1. The van der Waals surface area contributed by atoms with Crippen LogP contribution in [0.3, 0.4) is 0 Å². The van der Waals surface area contributed by atoms with E-state index in [0.29, 0.717) is 24.7 Å². The summed E-state index contributed by atoms with van der Waals surface area (Å²) in [6.45, 7) is 2.05. The lowest BCUT2D eigenvalue weighted by molar-refractivity contribution is -0.108. The second-order valence-electron chi connectivity index (χ2n) is 6.13. The fraction of sp³-hybridized carbons (Fsp3) is 0.250. The van der Waals surface area contributed by atoms with Gasteiger partial charge in [-0.2, -0.15) is 0 Å². The first kappa shape index (κ1) is 16.0. The standard InChI is InChI=1S/C20H18FNO3/c21-15-6-4-13(5-7-15)16-2-1-3-17-14(12-23)10-18(25-20(16)17)19-11-22-8-9-24-19/h1-7,10,12,14,19,22H,8-9,11H2. The number of para-hydroxylation sites is 1. The molecule has 0 bridgehead atoms. The molecule has 0 aliphatic carbocycles. The molecule has 128 valence electrons. The molecule has 4 nitrogen and oxygen atoms in total. The van der Waals surface area contributed by atoms with Crippen LogP contribution in [0.4, 0.5) is 4.39 Å². The predicted molar refractivity (Wildman–Crippen MR) is 92.0 cm³/mol. The summed E-state index contributed by atoms with van der Waals surface area (Å²) in [5, 5.41) is 3.27. The topological polar surface area (TPSA) is 47.6 Å². The Morgan fingerprint density at radius 2 is 2.00 bits per heavy atom. The number of hydrogen-bond donors (Lipinski definition) is 1. The molecule has 0 radical (unpaired) electrons. The Labute approximate surface area is 145 Å². The van der Waals surface area contributed by atoms with Crippen LogP contribution in [-0.2, 0) is 9.53 Å². The van der Waals surface area contributed by atoms with Crippen molar-refractivity contribution in [2.75, 3.05) is 19.7 Å². The zero-order valence-corrected chi connectivity index (χ0v) is 13.6. The van der Waals surface area contributed by atoms with Crippen LogP contribution in [0.2, 0.25) is 0 Å². The quantitative estimate of drug-likeness (QED) is 0.873. The number of ether oxygens (including phenoxy) is 2. The zero-order chi connectivity index (χ0) is 17.2. The van der Waals surface area contributed by atoms with Gasteiger partial charge in [-0.15, -0.1) is 0 Å². The van der Waals surface area contributed by atoms with Crippen molar-refractivity contribution in [3.63, 3.8) is 0 Å². The molecule has 2 aromatic rings. The fourth-order valence-electron chi connectivity index (χ4n) is 3.24. The Balaban J connectivity index is 1.76. The van der Waals surface area contributed by atoms with Crippen LogP contribution < -0.4 is 10.1 Å². The fourth-order valence-corrected chi connectivity index (χ4v) is 3.24. The van der Waals surface area contributed by atoms with Gasteiger partial charge >= 0.3 is 0 Å². The number of morpholine rings is 1. The lowest BCUT2D eigenvalue weighted by atomic mass is 9.91. The third-order valence-corrected chi connectivity index (χ3v) is 4.52. The largest absolute Gasteiger partial charge is 0.458 e. The van der Waals surface area contributed by atoms with Gasteiger partial charge in [-0.05, 0) is 23.8 Å². The Kier molecular flexibility index (Phi) is 4.34. The summed E-state index contributed by atoms with van der Waals surface area (Å²) < 4.78 is 25.2. The second-order valence-corrected chi connectivity index (χ2v) is 6.13. The SMILES string of the molecule is O=CC1C=C(C2CNCCO2)Oc2c(-c3ccc(F)cc3)cccc21. The summed E-state index contributed by atoms with van der Waals surface area (Å²) in [5.41, 5.74) is 2.48. The van der Waals surface area contributed by atoms with E-state index in [1.165, 1.54) is 12.1 Å². The Bertz CT molecular complexity index is 810. The highest BCUT2D eigenvalue weighted by molar-refractivity contribution is 5.78. The number of nitrogens with one attached hydrogen (secondary N) is 1. The molecule has 0 spiro atoms. The van der Waals surface area contributed by atoms with Crippen LogP contribution in [-0.4, -0.2) is 32.1 Å². The highest BCUT2D eigenvalue weighted by Crippen LogP contribution is 2.41. The Morgan fingerprint density at radius 1 is 1.16 bits per heavy atom. The molecule has 2 aliphatic rings. The van der Waals surface area contributed by atoms with Gasteiger partial charge in [0, 0.05) is 24.2 Å². The van der Waals surface area contributed by atoms with Gasteiger partial charge in [0.05, 0.1) is 12.5 Å². The van der Waals surface area contributed by atoms with E-state index in [1.807, 2.05) is 24.3 Å². The van der Waals surface area contributed by atoms with Crippen molar-refractivity contribution in [3.8, 4) is 16.9 Å². The second kappa shape index (κ2) is 6.78. The number of rotatable bonds is 3. The van der Waals surface area contributed by atoms with E-state index in [2.05, 4.69) is 5.32 Å². The maximum absolute atomic E-state index is 13.3. The highest BCUT2D eigenvalue weighted by Gasteiger charge is 2.29. The number of halogens is 1. The first-order chi connectivity index (χ1) is 12.3. The summed E-state index contributed by atoms with van der Waals surface area (Å²) >= 11 is 0. The van der Waals surface area contributed by atoms with Gasteiger partial charge in [-0.3, -0.25) is 0 Å². The number of carbonyl (C=O) groups is 1.